The van der Waals surface area contributed by atoms with Gasteiger partial charge in [-0.3, -0.25) is 4.79 Å². The van der Waals surface area contributed by atoms with Crippen LogP contribution in [0.5, 0.6) is 0 Å². The molecule has 4 rings (SSSR count). The van der Waals surface area contributed by atoms with Crippen LogP contribution in [0.1, 0.15) is 39.0 Å². The number of thioether (sulfide) groups is 1. The summed E-state index contributed by atoms with van der Waals surface area (Å²) in [5.74, 6) is 0.386. The number of fused-ring (bicyclic) bond motifs is 3. The van der Waals surface area contributed by atoms with Crippen LogP contribution in [0.3, 0.4) is 0 Å². The van der Waals surface area contributed by atoms with E-state index >= 15 is 0 Å². The zero-order valence-corrected chi connectivity index (χ0v) is 15.8. The van der Waals surface area contributed by atoms with Crippen molar-refractivity contribution in [3.8, 4) is 0 Å². The molecule has 1 fully saturated rings. The minimum absolute atomic E-state index is 0.0571. The molecule has 2 heterocycles. The topological polar surface area (TPSA) is 72.7 Å². The Hall–Kier alpha value is -2.15. The summed E-state index contributed by atoms with van der Waals surface area (Å²) >= 11 is 1.35. The number of carbonyl (C=O) groups is 1. The van der Waals surface area contributed by atoms with Crippen molar-refractivity contribution >= 4 is 39.7 Å². The second-order valence-electron chi connectivity index (χ2n) is 6.72. The van der Waals surface area contributed by atoms with E-state index in [2.05, 4.69) is 38.1 Å². The van der Waals surface area contributed by atoms with E-state index in [1.54, 1.807) is 0 Å². The van der Waals surface area contributed by atoms with Crippen molar-refractivity contribution in [2.75, 3.05) is 5.75 Å². The number of para-hydroxylation sites is 1. The Morgan fingerprint density at radius 1 is 1.23 bits per heavy atom. The molecule has 0 radical (unpaired) electrons. The van der Waals surface area contributed by atoms with Gasteiger partial charge in [0.25, 0.3) is 0 Å². The van der Waals surface area contributed by atoms with Crippen LogP contribution in [-0.4, -0.2) is 37.5 Å². The van der Waals surface area contributed by atoms with Gasteiger partial charge in [-0.2, -0.15) is 0 Å². The van der Waals surface area contributed by atoms with E-state index in [9.17, 15) is 4.79 Å². The molecule has 0 atom stereocenters. The summed E-state index contributed by atoms with van der Waals surface area (Å²) < 4.78 is 2.14. The van der Waals surface area contributed by atoms with Crippen molar-refractivity contribution in [3.05, 3.63) is 24.3 Å². The van der Waals surface area contributed by atoms with Gasteiger partial charge >= 0.3 is 0 Å². The lowest BCUT2D eigenvalue weighted by molar-refractivity contribution is -0.119. The smallest absolute Gasteiger partial charge is 0.230 e. The van der Waals surface area contributed by atoms with Gasteiger partial charge < -0.3 is 9.88 Å². The lowest BCUT2D eigenvalue weighted by Crippen LogP contribution is -2.37. The summed E-state index contributed by atoms with van der Waals surface area (Å²) in [6, 6.07) is 8.48. The highest BCUT2D eigenvalue weighted by atomic mass is 32.2. The molecule has 1 amide bonds. The van der Waals surface area contributed by atoms with Gasteiger partial charge in [0.05, 0.1) is 11.3 Å². The van der Waals surface area contributed by atoms with E-state index in [0.29, 0.717) is 17.0 Å². The summed E-state index contributed by atoms with van der Waals surface area (Å²) in [7, 11) is 0. The van der Waals surface area contributed by atoms with Gasteiger partial charge in [0.15, 0.2) is 5.65 Å². The maximum atomic E-state index is 12.2. The van der Waals surface area contributed by atoms with Crippen molar-refractivity contribution in [2.45, 2.75) is 56.8 Å². The molecule has 0 spiro atoms. The van der Waals surface area contributed by atoms with Gasteiger partial charge in [0.1, 0.15) is 5.52 Å². The summed E-state index contributed by atoms with van der Waals surface area (Å²) in [5, 5.41) is 13.4. The Balaban J connectivity index is 1.50. The van der Waals surface area contributed by atoms with Crippen LogP contribution in [0.25, 0.3) is 22.1 Å². The van der Waals surface area contributed by atoms with Gasteiger partial charge in [-0.05, 0) is 25.8 Å². The maximum Gasteiger partial charge on any atom is 0.230 e. The first-order valence-corrected chi connectivity index (χ1v) is 10.3. The molecule has 1 aliphatic carbocycles. The molecule has 136 valence electrons. The van der Waals surface area contributed by atoms with Crippen LogP contribution < -0.4 is 5.32 Å². The second kappa shape index (κ2) is 7.61. The van der Waals surface area contributed by atoms with Crippen LogP contribution in [0.15, 0.2) is 29.4 Å². The zero-order valence-electron chi connectivity index (χ0n) is 14.9. The summed E-state index contributed by atoms with van der Waals surface area (Å²) in [6.07, 6.45) is 5.90. The van der Waals surface area contributed by atoms with Gasteiger partial charge in [0.2, 0.25) is 11.1 Å². The molecule has 1 aromatic carbocycles. The predicted molar refractivity (Wildman–Crippen MR) is 104 cm³/mol. The normalized spacial score (nSPS) is 15.6. The van der Waals surface area contributed by atoms with Gasteiger partial charge in [-0.1, -0.05) is 49.2 Å². The van der Waals surface area contributed by atoms with E-state index in [1.807, 2.05) is 18.2 Å². The number of hydrogen-bond acceptors (Lipinski definition) is 5. The zero-order chi connectivity index (χ0) is 17.9. The van der Waals surface area contributed by atoms with Crippen molar-refractivity contribution in [1.82, 2.24) is 25.1 Å². The first-order valence-electron chi connectivity index (χ1n) is 9.30. The molecule has 7 heteroatoms. The highest BCUT2D eigenvalue weighted by molar-refractivity contribution is 7.99. The average molecular weight is 369 g/mol. The Bertz CT molecular complexity index is 932. The molecule has 0 bridgehead atoms. The molecule has 0 unspecified atom stereocenters. The largest absolute Gasteiger partial charge is 0.353 e. The average Bonchev–Trinajstić information content (AvgIpc) is 3.00. The number of benzene rings is 1. The molecular formula is C19H23N5OS. The number of carbonyl (C=O) groups excluding carboxylic acids is 1. The summed E-state index contributed by atoms with van der Waals surface area (Å²) in [6.45, 7) is 2.91. The van der Waals surface area contributed by atoms with E-state index < -0.39 is 0 Å². The van der Waals surface area contributed by atoms with E-state index in [1.165, 1.54) is 31.0 Å². The van der Waals surface area contributed by atoms with Gasteiger partial charge in [-0.25, -0.2) is 4.98 Å². The third kappa shape index (κ3) is 3.40. The minimum atomic E-state index is 0.0571. The van der Waals surface area contributed by atoms with E-state index in [4.69, 9.17) is 0 Å². The predicted octanol–water partition coefficient (Wildman–Crippen LogP) is 3.54. The highest BCUT2D eigenvalue weighted by Gasteiger charge is 2.17. The van der Waals surface area contributed by atoms with E-state index in [0.717, 1.165) is 41.5 Å². The molecule has 3 aromatic rings. The van der Waals surface area contributed by atoms with Crippen molar-refractivity contribution in [3.63, 3.8) is 0 Å². The Labute approximate surface area is 156 Å². The fraction of sp³-hybridized carbons (Fsp3) is 0.474. The first kappa shape index (κ1) is 17.3. The third-order valence-electron chi connectivity index (χ3n) is 4.97. The van der Waals surface area contributed by atoms with Crippen molar-refractivity contribution in [1.29, 1.82) is 0 Å². The number of nitrogens with zero attached hydrogens (tertiary/aromatic N) is 4. The third-order valence-corrected chi connectivity index (χ3v) is 5.81. The van der Waals surface area contributed by atoms with Crippen molar-refractivity contribution < 1.29 is 4.79 Å². The number of aromatic nitrogens is 4. The molecule has 26 heavy (non-hydrogen) atoms. The molecule has 1 saturated carbocycles. The van der Waals surface area contributed by atoms with Crippen LogP contribution >= 0.6 is 11.8 Å². The molecule has 0 saturated heterocycles. The standard InChI is InChI=1S/C19H23N5OS/c1-2-24-15-11-7-6-10-14(15)17-18(24)21-19(23-22-17)26-12-16(25)20-13-8-4-3-5-9-13/h6-7,10-11,13H,2-5,8-9,12H2,1H3,(H,20,25). The quantitative estimate of drug-likeness (QED) is 0.697. The number of amides is 1. The van der Waals surface area contributed by atoms with Crippen LogP contribution in [-0.2, 0) is 11.3 Å². The van der Waals surface area contributed by atoms with Crippen LogP contribution in [0, 0.1) is 0 Å². The SMILES string of the molecule is CCn1c2ccccc2c2nnc(SCC(=O)NC3CCCCC3)nc21. The Morgan fingerprint density at radius 2 is 2.04 bits per heavy atom. The van der Waals surface area contributed by atoms with Gasteiger partial charge in [0, 0.05) is 18.0 Å². The van der Waals surface area contributed by atoms with E-state index in [-0.39, 0.29) is 5.91 Å². The Morgan fingerprint density at radius 3 is 2.85 bits per heavy atom. The molecule has 1 N–H and O–H groups in total. The molecule has 0 aliphatic heterocycles. The molecule has 2 aromatic heterocycles. The number of aryl methyl sites for hydroxylation is 1. The van der Waals surface area contributed by atoms with Crippen LogP contribution in [0.4, 0.5) is 0 Å². The number of rotatable bonds is 5. The van der Waals surface area contributed by atoms with Crippen LogP contribution in [0.2, 0.25) is 0 Å². The Kier molecular flexibility index (Phi) is 5.06. The lowest BCUT2D eigenvalue weighted by Gasteiger charge is -2.22. The highest BCUT2D eigenvalue weighted by Crippen LogP contribution is 2.27. The maximum absolute atomic E-state index is 12.2. The fourth-order valence-corrected chi connectivity index (χ4v) is 4.31. The lowest BCUT2D eigenvalue weighted by atomic mass is 9.95. The fourth-order valence-electron chi connectivity index (χ4n) is 3.72. The monoisotopic (exact) mass is 369 g/mol. The molecular weight excluding hydrogens is 346 g/mol. The minimum Gasteiger partial charge on any atom is -0.353 e. The summed E-state index contributed by atoms with van der Waals surface area (Å²) in [5.41, 5.74) is 2.77. The second-order valence-corrected chi connectivity index (χ2v) is 7.66. The number of nitrogens with one attached hydrogen (secondary N) is 1. The first-order chi connectivity index (χ1) is 12.8. The molecule has 1 aliphatic rings. The number of hydrogen-bond donors (Lipinski definition) is 1. The van der Waals surface area contributed by atoms with Gasteiger partial charge in [-0.15, -0.1) is 10.2 Å². The summed E-state index contributed by atoms with van der Waals surface area (Å²) in [4.78, 5) is 16.9. The van der Waals surface area contributed by atoms with Crippen molar-refractivity contribution in [2.24, 2.45) is 0 Å². The molecule has 6 nitrogen and oxygen atoms in total.